The highest BCUT2D eigenvalue weighted by atomic mass is 79.9. The summed E-state index contributed by atoms with van der Waals surface area (Å²) in [6.07, 6.45) is 2.20. The van der Waals surface area contributed by atoms with Crippen LogP contribution in [0.3, 0.4) is 0 Å². The topological polar surface area (TPSA) is 21.3 Å². The van der Waals surface area contributed by atoms with E-state index >= 15 is 0 Å². The molecule has 0 spiro atoms. The van der Waals surface area contributed by atoms with Crippen LogP contribution in [-0.2, 0) is 11.2 Å². The second-order valence-corrected chi connectivity index (χ2v) is 7.23. The minimum atomic E-state index is 0.170. The van der Waals surface area contributed by atoms with E-state index in [1.807, 2.05) is 0 Å². The van der Waals surface area contributed by atoms with Crippen LogP contribution in [0.25, 0.3) is 0 Å². The normalized spacial score (nSPS) is 13.4. The highest BCUT2D eigenvalue weighted by Crippen LogP contribution is 2.16. The number of hydrogen-bond acceptors (Lipinski definition) is 2. The number of hydrogen-bond donors (Lipinski definition) is 1. The fourth-order valence-corrected chi connectivity index (χ4v) is 2.34. The molecule has 0 saturated heterocycles. The first-order chi connectivity index (χ1) is 9.40. The van der Waals surface area contributed by atoms with Crippen molar-refractivity contribution in [3.05, 3.63) is 34.3 Å². The minimum absolute atomic E-state index is 0.170. The summed E-state index contributed by atoms with van der Waals surface area (Å²) in [7, 11) is 0. The minimum Gasteiger partial charge on any atom is -0.382 e. The van der Waals surface area contributed by atoms with Crippen LogP contribution in [0.4, 0.5) is 0 Å². The highest BCUT2D eigenvalue weighted by Gasteiger charge is 2.15. The first kappa shape index (κ1) is 17.7. The van der Waals surface area contributed by atoms with E-state index in [2.05, 4.69) is 73.2 Å². The summed E-state index contributed by atoms with van der Waals surface area (Å²) in [5.74, 6) is 0.613. The maximum Gasteiger partial charge on any atom is 0.0469 e. The summed E-state index contributed by atoms with van der Waals surface area (Å²) < 4.78 is 6.66. The molecule has 0 saturated carbocycles. The lowest BCUT2D eigenvalue weighted by Crippen LogP contribution is -2.39. The van der Waals surface area contributed by atoms with E-state index in [4.69, 9.17) is 4.74 Å². The van der Waals surface area contributed by atoms with Gasteiger partial charge in [0.1, 0.15) is 0 Å². The van der Waals surface area contributed by atoms with Crippen LogP contribution in [0, 0.1) is 5.92 Å². The van der Waals surface area contributed by atoms with Gasteiger partial charge in [-0.2, -0.15) is 0 Å². The summed E-state index contributed by atoms with van der Waals surface area (Å²) in [4.78, 5) is 0. The van der Waals surface area contributed by atoms with E-state index in [9.17, 15) is 0 Å². The Morgan fingerprint density at radius 2 is 1.85 bits per heavy atom. The van der Waals surface area contributed by atoms with Crippen LogP contribution in [0.1, 0.15) is 39.7 Å². The third-order valence-electron chi connectivity index (χ3n) is 3.23. The predicted octanol–water partition coefficient (Wildman–Crippen LogP) is 4.42. The van der Waals surface area contributed by atoms with Gasteiger partial charge in [0.25, 0.3) is 0 Å². The predicted molar refractivity (Wildman–Crippen MR) is 90.2 cm³/mol. The first-order valence-electron chi connectivity index (χ1n) is 7.48. The molecule has 0 aliphatic heterocycles. The zero-order chi connectivity index (χ0) is 15.0. The number of rotatable bonds is 8. The lowest BCUT2D eigenvalue weighted by Gasteiger charge is -2.25. The van der Waals surface area contributed by atoms with Crippen molar-refractivity contribution < 1.29 is 4.74 Å². The lowest BCUT2D eigenvalue weighted by molar-refractivity contribution is 0.130. The molecule has 20 heavy (non-hydrogen) atoms. The van der Waals surface area contributed by atoms with Crippen molar-refractivity contribution in [3.63, 3.8) is 0 Å². The molecule has 3 heteroatoms. The van der Waals surface area contributed by atoms with E-state index < -0.39 is 0 Å². The fourth-order valence-electron chi connectivity index (χ4n) is 2.07. The summed E-state index contributed by atoms with van der Waals surface area (Å²) in [6, 6.07) is 8.64. The lowest BCUT2D eigenvalue weighted by atomic mass is 9.95. The average molecular weight is 342 g/mol. The van der Waals surface area contributed by atoms with Crippen LogP contribution >= 0.6 is 15.9 Å². The van der Waals surface area contributed by atoms with Crippen molar-refractivity contribution in [2.45, 2.75) is 46.1 Å². The maximum atomic E-state index is 5.52. The van der Waals surface area contributed by atoms with Crippen molar-refractivity contribution in [1.82, 2.24) is 5.32 Å². The Balaban J connectivity index is 2.54. The molecule has 1 aromatic carbocycles. The van der Waals surface area contributed by atoms with Gasteiger partial charge in [0.2, 0.25) is 0 Å². The third-order valence-corrected chi connectivity index (χ3v) is 3.76. The Labute approximate surface area is 132 Å². The molecule has 0 aliphatic rings. The molecule has 0 aliphatic carbocycles. The fraction of sp³-hybridized carbons (Fsp3) is 0.647. The molecule has 0 bridgehead atoms. The Hall–Kier alpha value is -0.380. The Kier molecular flexibility index (Phi) is 7.78. The molecule has 0 radical (unpaired) electrons. The van der Waals surface area contributed by atoms with Gasteiger partial charge in [0.15, 0.2) is 0 Å². The monoisotopic (exact) mass is 341 g/mol. The number of benzene rings is 1. The van der Waals surface area contributed by atoms with E-state index in [1.165, 1.54) is 5.56 Å². The first-order valence-corrected chi connectivity index (χ1v) is 8.27. The zero-order valence-electron chi connectivity index (χ0n) is 13.2. The molecule has 1 N–H and O–H groups in total. The molecule has 2 nitrogen and oxygen atoms in total. The number of nitrogens with one attached hydrogen (secondary N) is 1. The van der Waals surface area contributed by atoms with Crippen LogP contribution in [-0.4, -0.2) is 25.3 Å². The SMILES string of the molecule is CCOCCC(CNC(C)(C)C)Cc1ccc(Br)cc1. The van der Waals surface area contributed by atoms with Gasteiger partial charge in [0, 0.05) is 23.2 Å². The summed E-state index contributed by atoms with van der Waals surface area (Å²) >= 11 is 3.49. The summed E-state index contributed by atoms with van der Waals surface area (Å²) in [5, 5.41) is 3.62. The Morgan fingerprint density at radius 3 is 2.40 bits per heavy atom. The van der Waals surface area contributed by atoms with Crippen LogP contribution in [0.15, 0.2) is 28.7 Å². The highest BCUT2D eigenvalue weighted by molar-refractivity contribution is 9.10. The van der Waals surface area contributed by atoms with E-state index in [-0.39, 0.29) is 5.54 Å². The Bertz CT molecular complexity index is 370. The molecule has 1 atom stereocenters. The Morgan fingerprint density at radius 1 is 1.20 bits per heavy atom. The summed E-state index contributed by atoms with van der Waals surface area (Å²) in [5.41, 5.74) is 1.56. The van der Waals surface area contributed by atoms with Crippen molar-refractivity contribution in [1.29, 1.82) is 0 Å². The molecule has 0 aromatic heterocycles. The molecular weight excluding hydrogens is 314 g/mol. The zero-order valence-corrected chi connectivity index (χ0v) is 14.8. The van der Waals surface area contributed by atoms with Gasteiger partial charge in [-0.15, -0.1) is 0 Å². The van der Waals surface area contributed by atoms with Crippen molar-refractivity contribution in [2.75, 3.05) is 19.8 Å². The quantitative estimate of drug-likeness (QED) is 0.706. The molecule has 0 amide bonds. The number of ether oxygens (including phenoxy) is 1. The molecule has 0 heterocycles. The maximum absolute atomic E-state index is 5.52. The number of halogens is 1. The second kappa shape index (κ2) is 8.81. The van der Waals surface area contributed by atoms with Gasteiger partial charge in [-0.1, -0.05) is 28.1 Å². The van der Waals surface area contributed by atoms with Crippen molar-refractivity contribution in [3.8, 4) is 0 Å². The van der Waals surface area contributed by atoms with Crippen molar-refractivity contribution >= 4 is 15.9 Å². The van der Waals surface area contributed by atoms with Crippen LogP contribution in [0.5, 0.6) is 0 Å². The van der Waals surface area contributed by atoms with E-state index in [0.29, 0.717) is 5.92 Å². The van der Waals surface area contributed by atoms with Gasteiger partial charge in [-0.3, -0.25) is 0 Å². The molecule has 1 aromatic rings. The average Bonchev–Trinajstić information content (AvgIpc) is 2.37. The standard InChI is InChI=1S/C17H28BrNO/c1-5-20-11-10-15(13-19-17(2,3)4)12-14-6-8-16(18)9-7-14/h6-9,15,19H,5,10-13H2,1-4H3. The van der Waals surface area contributed by atoms with E-state index in [0.717, 1.165) is 37.1 Å². The molecule has 114 valence electrons. The summed E-state index contributed by atoms with van der Waals surface area (Å²) in [6.45, 7) is 11.4. The van der Waals surface area contributed by atoms with Crippen LogP contribution < -0.4 is 5.32 Å². The van der Waals surface area contributed by atoms with Gasteiger partial charge in [-0.05, 0) is 70.7 Å². The smallest absolute Gasteiger partial charge is 0.0469 e. The molecule has 0 fully saturated rings. The van der Waals surface area contributed by atoms with Crippen LogP contribution in [0.2, 0.25) is 0 Å². The van der Waals surface area contributed by atoms with Gasteiger partial charge >= 0.3 is 0 Å². The second-order valence-electron chi connectivity index (χ2n) is 6.31. The molecule has 1 unspecified atom stereocenters. The van der Waals surface area contributed by atoms with Crippen molar-refractivity contribution in [2.24, 2.45) is 5.92 Å². The molecule has 1 rings (SSSR count). The van der Waals surface area contributed by atoms with Gasteiger partial charge in [0.05, 0.1) is 0 Å². The molecular formula is C17H28BrNO. The van der Waals surface area contributed by atoms with E-state index in [1.54, 1.807) is 0 Å². The van der Waals surface area contributed by atoms with Gasteiger partial charge in [-0.25, -0.2) is 0 Å². The van der Waals surface area contributed by atoms with Gasteiger partial charge < -0.3 is 10.1 Å². The largest absolute Gasteiger partial charge is 0.382 e. The third kappa shape index (κ3) is 8.03.